The third-order valence-electron chi connectivity index (χ3n) is 4.85. The van der Waals surface area contributed by atoms with Crippen molar-refractivity contribution >= 4 is 39.3 Å². The number of aromatic nitrogens is 1. The normalized spacial score (nSPS) is 21.5. The zero-order valence-corrected chi connectivity index (χ0v) is 17.5. The molecule has 154 valence electrons. The molecule has 0 spiro atoms. The molecule has 2 saturated heterocycles. The number of hydrogen-bond donors (Lipinski definition) is 0. The van der Waals surface area contributed by atoms with Gasteiger partial charge in [0.2, 0.25) is 5.91 Å². The molecular formula is C18H25N3O5S2. The highest BCUT2D eigenvalue weighted by Crippen LogP contribution is 2.24. The molecule has 8 nitrogen and oxygen atoms in total. The predicted octanol–water partition coefficient (Wildman–Crippen LogP) is 0.827. The van der Waals surface area contributed by atoms with Crippen LogP contribution in [0.25, 0.3) is 0 Å². The summed E-state index contributed by atoms with van der Waals surface area (Å²) in [5.41, 5.74) is 0.422. The van der Waals surface area contributed by atoms with Crippen LogP contribution in [-0.4, -0.2) is 85.5 Å². The Bertz CT molecular complexity index is 805. The highest BCUT2D eigenvalue weighted by Gasteiger charge is 2.29. The van der Waals surface area contributed by atoms with E-state index >= 15 is 0 Å². The van der Waals surface area contributed by atoms with Gasteiger partial charge in [0.05, 0.1) is 29.4 Å². The van der Waals surface area contributed by atoms with Crippen molar-refractivity contribution < 1.29 is 22.7 Å². The molecule has 3 heterocycles. The Hall–Kier alpha value is -1.81. The average Bonchev–Trinajstić information content (AvgIpc) is 3.05. The molecule has 0 N–H and O–H groups in total. The highest BCUT2D eigenvalue weighted by atomic mass is 32.2. The quantitative estimate of drug-likeness (QED) is 0.616. The van der Waals surface area contributed by atoms with E-state index in [1.807, 2.05) is 4.90 Å². The monoisotopic (exact) mass is 427 g/mol. The fourth-order valence-corrected chi connectivity index (χ4v) is 6.81. The highest BCUT2D eigenvalue weighted by molar-refractivity contribution is 8.02. The van der Waals surface area contributed by atoms with Crippen molar-refractivity contribution in [3.8, 4) is 0 Å². The Kier molecular flexibility index (Phi) is 6.82. The van der Waals surface area contributed by atoms with Gasteiger partial charge in [-0.2, -0.15) is 0 Å². The number of carbonyl (C=O) groups excluding carboxylic acids is 2. The maximum Gasteiger partial charge on any atom is 0.339 e. The summed E-state index contributed by atoms with van der Waals surface area (Å²) in [6.45, 7) is 4.62. The molecule has 3 rings (SSSR count). The number of pyridine rings is 1. The molecule has 1 atom stereocenters. The number of carbonyl (C=O) groups is 2. The van der Waals surface area contributed by atoms with Gasteiger partial charge < -0.3 is 14.5 Å². The molecule has 0 radical (unpaired) electrons. The van der Waals surface area contributed by atoms with Crippen LogP contribution in [0.15, 0.2) is 18.3 Å². The molecule has 1 aromatic rings. The number of rotatable bonds is 6. The molecule has 0 aliphatic carbocycles. The smallest absolute Gasteiger partial charge is 0.339 e. The zero-order valence-electron chi connectivity index (χ0n) is 15.9. The van der Waals surface area contributed by atoms with Crippen LogP contribution in [0.4, 0.5) is 5.82 Å². The van der Waals surface area contributed by atoms with E-state index in [4.69, 9.17) is 4.74 Å². The van der Waals surface area contributed by atoms with Crippen molar-refractivity contribution in [3.05, 3.63) is 23.9 Å². The lowest BCUT2D eigenvalue weighted by atomic mass is 10.2. The Morgan fingerprint density at radius 2 is 2.00 bits per heavy atom. The van der Waals surface area contributed by atoms with E-state index in [2.05, 4.69) is 9.88 Å². The number of ether oxygens (including phenoxy) is 1. The number of hydrogen-bond acceptors (Lipinski definition) is 8. The van der Waals surface area contributed by atoms with Crippen molar-refractivity contribution in [2.24, 2.45) is 0 Å². The second kappa shape index (κ2) is 9.13. The van der Waals surface area contributed by atoms with E-state index in [0.717, 1.165) is 5.82 Å². The molecule has 28 heavy (non-hydrogen) atoms. The van der Waals surface area contributed by atoms with E-state index in [-0.39, 0.29) is 28.6 Å². The second-order valence-electron chi connectivity index (χ2n) is 6.83. The van der Waals surface area contributed by atoms with Gasteiger partial charge in [-0.25, -0.2) is 18.2 Å². The number of sulfone groups is 1. The first-order chi connectivity index (χ1) is 13.4. The Balaban J connectivity index is 1.45. The van der Waals surface area contributed by atoms with E-state index in [1.54, 1.807) is 19.1 Å². The number of piperazine rings is 1. The van der Waals surface area contributed by atoms with E-state index < -0.39 is 9.84 Å². The minimum atomic E-state index is -2.91. The van der Waals surface area contributed by atoms with Crippen LogP contribution < -0.4 is 4.90 Å². The average molecular weight is 428 g/mol. The fourth-order valence-electron chi connectivity index (χ4n) is 3.27. The SMILES string of the molecule is CCOC(=O)c1ccc(N2CCN(C(=O)CSC3CCS(=O)(=O)C3)CC2)nc1. The largest absolute Gasteiger partial charge is 0.462 e. The van der Waals surface area contributed by atoms with Crippen LogP contribution in [0.1, 0.15) is 23.7 Å². The molecule has 2 aliphatic rings. The molecule has 2 fully saturated rings. The molecule has 1 aromatic heterocycles. The summed E-state index contributed by atoms with van der Waals surface area (Å²) in [6, 6.07) is 3.49. The van der Waals surface area contributed by atoms with Crippen molar-refractivity contribution in [1.29, 1.82) is 0 Å². The third kappa shape index (κ3) is 5.38. The molecule has 0 aromatic carbocycles. The summed E-state index contributed by atoms with van der Waals surface area (Å²) in [5, 5.41) is 0.0392. The van der Waals surface area contributed by atoms with E-state index in [0.29, 0.717) is 50.5 Å². The van der Waals surface area contributed by atoms with Gasteiger partial charge >= 0.3 is 5.97 Å². The van der Waals surface area contributed by atoms with E-state index in [1.165, 1.54) is 18.0 Å². The minimum absolute atomic E-state index is 0.0392. The van der Waals surface area contributed by atoms with Gasteiger partial charge in [0.1, 0.15) is 5.82 Å². The van der Waals surface area contributed by atoms with Gasteiger partial charge in [0, 0.05) is 37.6 Å². The number of esters is 1. The van der Waals surface area contributed by atoms with E-state index in [9.17, 15) is 18.0 Å². The lowest BCUT2D eigenvalue weighted by Gasteiger charge is -2.35. The standard InChI is InChI=1S/C18H25N3O5S2/c1-2-26-18(23)14-3-4-16(19-11-14)20-6-8-21(9-7-20)17(22)12-27-15-5-10-28(24,25)13-15/h3-4,11,15H,2,5-10,12-13H2,1H3. The van der Waals surface area contributed by atoms with Crippen LogP contribution >= 0.6 is 11.8 Å². The van der Waals surface area contributed by atoms with Crippen LogP contribution in [0, 0.1) is 0 Å². The van der Waals surface area contributed by atoms with Crippen LogP contribution in [0.3, 0.4) is 0 Å². The molecule has 0 saturated carbocycles. The first-order valence-electron chi connectivity index (χ1n) is 9.36. The van der Waals surface area contributed by atoms with Gasteiger partial charge in [-0.3, -0.25) is 4.79 Å². The minimum Gasteiger partial charge on any atom is -0.462 e. The predicted molar refractivity (Wildman–Crippen MR) is 109 cm³/mol. The first-order valence-corrected chi connectivity index (χ1v) is 12.2. The summed E-state index contributed by atoms with van der Waals surface area (Å²) in [6.07, 6.45) is 2.15. The molecule has 0 bridgehead atoms. The summed E-state index contributed by atoms with van der Waals surface area (Å²) in [5.74, 6) is 1.19. The summed E-state index contributed by atoms with van der Waals surface area (Å²) in [7, 11) is -2.91. The first kappa shape index (κ1) is 20.9. The summed E-state index contributed by atoms with van der Waals surface area (Å²) in [4.78, 5) is 32.3. The molecular weight excluding hydrogens is 402 g/mol. The lowest BCUT2D eigenvalue weighted by molar-refractivity contribution is -0.128. The van der Waals surface area contributed by atoms with Gasteiger partial charge in [-0.15, -0.1) is 11.8 Å². The van der Waals surface area contributed by atoms with Gasteiger partial charge in [-0.05, 0) is 25.5 Å². The maximum atomic E-state index is 12.4. The number of nitrogens with zero attached hydrogens (tertiary/aromatic N) is 3. The lowest BCUT2D eigenvalue weighted by Crippen LogP contribution is -2.49. The Labute approximate surface area is 169 Å². The van der Waals surface area contributed by atoms with Gasteiger partial charge in [0.25, 0.3) is 0 Å². The number of thioether (sulfide) groups is 1. The molecule has 1 amide bonds. The van der Waals surface area contributed by atoms with Crippen molar-refractivity contribution in [2.45, 2.75) is 18.6 Å². The Morgan fingerprint density at radius 1 is 1.25 bits per heavy atom. The topological polar surface area (TPSA) is 96.9 Å². The zero-order chi connectivity index (χ0) is 20.1. The number of amides is 1. The van der Waals surface area contributed by atoms with Crippen molar-refractivity contribution in [3.63, 3.8) is 0 Å². The molecule has 10 heteroatoms. The second-order valence-corrected chi connectivity index (χ2v) is 10.3. The number of anilines is 1. The van der Waals surface area contributed by atoms with Crippen molar-refractivity contribution in [2.75, 3.05) is 54.9 Å². The van der Waals surface area contributed by atoms with Gasteiger partial charge in [0.15, 0.2) is 9.84 Å². The van der Waals surface area contributed by atoms with Crippen LogP contribution in [0.5, 0.6) is 0 Å². The Morgan fingerprint density at radius 3 is 2.57 bits per heavy atom. The summed E-state index contributed by atoms with van der Waals surface area (Å²) < 4.78 is 28.0. The van der Waals surface area contributed by atoms with Gasteiger partial charge in [-0.1, -0.05) is 0 Å². The fraction of sp³-hybridized carbons (Fsp3) is 0.611. The van der Waals surface area contributed by atoms with Crippen LogP contribution in [0.2, 0.25) is 0 Å². The van der Waals surface area contributed by atoms with Crippen LogP contribution in [-0.2, 0) is 19.4 Å². The maximum absolute atomic E-state index is 12.4. The third-order valence-corrected chi connectivity index (χ3v) is 8.11. The van der Waals surface area contributed by atoms with Crippen molar-refractivity contribution in [1.82, 2.24) is 9.88 Å². The summed E-state index contributed by atoms with van der Waals surface area (Å²) >= 11 is 1.45. The molecule has 2 aliphatic heterocycles. The molecule has 1 unspecified atom stereocenters.